The fourth-order valence-electron chi connectivity index (χ4n) is 6.35. The maximum absolute atomic E-state index is 13.7. The first-order valence-electron chi connectivity index (χ1n) is 14.5. The van der Waals surface area contributed by atoms with Gasteiger partial charge in [0.1, 0.15) is 11.6 Å². The molecule has 36 heavy (non-hydrogen) atoms. The second kappa shape index (κ2) is 12.9. The molecular weight excluding hydrogens is 446 g/mol. The number of carbonyl (C=O) groups is 2. The van der Waals surface area contributed by atoms with E-state index in [1.54, 1.807) is 0 Å². The minimum Gasteiger partial charge on any atom is -0.342 e. The smallest absolute Gasteiger partial charge is 0.246 e. The van der Waals surface area contributed by atoms with E-state index in [0.29, 0.717) is 12.5 Å². The molecule has 198 valence electrons. The molecule has 5 nitrogen and oxygen atoms in total. The van der Waals surface area contributed by atoms with E-state index in [0.717, 1.165) is 64.6 Å². The second-order valence-electron chi connectivity index (χ2n) is 11.7. The van der Waals surface area contributed by atoms with Gasteiger partial charge in [-0.05, 0) is 88.7 Å². The number of likely N-dealkylation sites (tertiary alicyclic amines) is 1. The average molecular weight is 494 g/mol. The maximum atomic E-state index is 13.7. The third-order valence-corrected chi connectivity index (χ3v) is 8.52. The molecule has 5 heteroatoms. The normalized spacial score (nSPS) is 22.7. The summed E-state index contributed by atoms with van der Waals surface area (Å²) in [6.45, 7) is 7.81. The molecule has 1 aromatic carbocycles. The molecule has 3 aliphatic rings. The lowest BCUT2D eigenvalue weighted by Gasteiger charge is -2.52. The van der Waals surface area contributed by atoms with Gasteiger partial charge in [0.15, 0.2) is 0 Å². The third kappa shape index (κ3) is 6.79. The number of piperazine rings is 1. The Bertz CT molecular complexity index is 886. The Balaban J connectivity index is 1.32. The molecule has 0 aromatic heterocycles. The van der Waals surface area contributed by atoms with Crippen LogP contribution < -0.4 is 5.32 Å². The van der Waals surface area contributed by atoms with Crippen LogP contribution in [0.1, 0.15) is 90.0 Å². The van der Waals surface area contributed by atoms with Crippen molar-refractivity contribution in [1.29, 1.82) is 0 Å². The van der Waals surface area contributed by atoms with Gasteiger partial charge in [-0.1, -0.05) is 62.2 Å². The number of piperidine rings is 1. The fraction of sp³-hybridized carbons (Fsp3) is 0.677. The van der Waals surface area contributed by atoms with E-state index in [9.17, 15) is 9.59 Å². The predicted molar refractivity (Wildman–Crippen MR) is 147 cm³/mol. The van der Waals surface area contributed by atoms with Gasteiger partial charge >= 0.3 is 0 Å². The number of hydrogen-bond donors (Lipinski definition) is 1. The summed E-state index contributed by atoms with van der Waals surface area (Å²) in [6.07, 6.45) is 15.1. The largest absolute Gasteiger partial charge is 0.342 e. The van der Waals surface area contributed by atoms with Crippen molar-refractivity contribution in [2.24, 2.45) is 5.92 Å². The van der Waals surface area contributed by atoms with E-state index in [2.05, 4.69) is 60.5 Å². The summed E-state index contributed by atoms with van der Waals surface area (Å²) in [5.74, 6) is 0.613. The number of carbonyl (C=O) groups excluding carboxylic acids is 2. The van der Waals surface area contributed by atoms with Crippen molar-refractivity contribution in [3.8, 4) is 0 Å². The van der Waals surface area contributed by atoms with Crippen LogP contribution in [-0.4, -0.2) is 59.4 Å². The Morgan fingerprint density at radius 1 is 0.972 bits per heavy atom. The van der Waals surface area contributed by atoms with Gasteiger partial charge in [-0.25, -0.2) is 0 Å². The maximum Gasteiger partial charge on any atom is 0.246 e. The van der Waals surface area contributed by atoms with Gasteiger partial charge in [0.05, 0.1) is 0 Å². The van der Waals surface area contributed by atoms with Gasteiger partial charge in [-0.2, -0.15) is 0 Å². The van der Waals surface area contributed by atoms with Crippen LogP contribution in [0.3, 0.4) is 0 Å². The summed E-state index contributed by atoms with van der Waals surface area (Å²) < 4.78 is 0. The lowest BCUT2D eigenvalue weighted by Crippen LogP contribution is -2.73. The van der Waals surface area contributed by atoms with Crippen LogP contribution in [-0.2, 0) is 16.0 Å². The molecule has 1 spiro atoms. The van der Waals surface area contributed by atoms with Crippen LogP contribution in [0.25, 0.3) is 0 Å². The highest BCUT2D eigenvalue weighted by Gasteiger charge is 2.53. The molecule has 0 radical (unpaired) electrons. The first kappa shape index (κ1) is 26.9. The molecule has 1 aromatic rings. The van der Waals surface area contributed by atoms with Crippen molar-refractivity contribution in [3.05, 3.63) is 47.5 Å². The Kier molecular flexibility index (Phi) is 9.64. The van der Waals surface area contributed by atoms with E-state index in [4.69, 9.17) is 0 Å². The molecule has 2 amide bonds. The van der Waals surface area contributed by atoms with Gasteiger partial charge in [-0.15, -0.1) is 0 Å². The van der Waals surface area contributed by atoms with Gasteiger partial charge in [-0.3, -0.25) is 9.59 Å². The van der Waals surface area contributed by atoms with Crippen molar-refractivity contribution in [2.45, 2.75) is 102 Å². The lowest BCUT2D eigenvalue weighted by molar-refractivity contribution is -0.161. The number of allylic oxidation sites excluding steroid dienone is 1. The standard InChI is InChI=1S/C31H47N3O2/c1-25(2)24-28-29(35)34(21-17-27-15-8-4-9-16-27)31(30(36)32-28)18-22-33(23-19-31)20-11-5-10-14-26-12-6-3-7-13-26/h3,6-7,12-13,15,25,28H,4-5,8-11,14,16-24H2,1-2H3,(H,32,36)/t28-/m0/s1. The van der Waals surface area contributed by atoms with Gasteiger partial charge in [0.25, 0.3) is 0 Å². The minimum absolute atomic E-state index is 0.0906. The first-order valence-corrected chi connectivity index (χ1v) is 14.5. The molecular formula is C31H47N3O2. The summed E-state index contributed by atoms with van der Waals surface area (Å²) in [4.78, 5) is 31.8. The summed E-state index contributed by atoms with van der Waals surface area (Å²) in [5, 5.41) is 3.15. The van der Waals surface area contributed by atoms with Crippen molar-refractivity contribution in [2.75, 3.05) is 26.2 Å². The average Bonchev–Trinajstić information content (AvgIpc) is 2.89. The zero-order valence-electron chi connectivity index (χ0n) is 22.6. The molecule has 2 aliphatic heterocycles. The van der Waals surface area contributed by atoms with Crippen LogP contribution in [0, 0.1) is 5.92 Å². The molecule has 4 rings (SSSR count). The Labute approximate surface area is 218 Å². The van der Waals surface area contributed by atoms with E-state index in [-0.39, 0.29) is 17.9 Å². The monoisotopic (exact) mass is 493 g/mol. The summed E-state index contributed by atoms with van der Waals surface area (Å²) in [5.41, 5.74) is 2.23. The molecule has 2 saturated heterocycles. The summed E-state index contributed by atoms with van der Waals surface area (Å²) in [7, 11) is 0. The van der Waals surface area contributed by atoms with E-state index in [1.807, 2.05) is 4.90 Å². The SMILES string of the molecule is CC(C)C[C@@H]1NC(=O)C2(CCN(CCCCCc3ccccc3)CC2)N(CCC2=CCCCC2)C1=O. The van der Waals surface area contributed by atoms with E-state index < -0.39 is 5.54 Å². The van der Waals surface area contributed by atoms with Crippen LogP contribution in [0.2, 0.25) is 0 Å². The highest BCUT2D eigenvalue weighted by molar-refractivity contribution is 6.00. The number of hydrogen-bond acceptors (Lipinski definition) is 3. The van der Waals surface area contributed by atoms with Crippen molar-refractivity contribution in [3.63, 3.8) is 0 Å². The molecule has 1 atom stereocenters. The highest BCUT2D eigenvalue weighted by atomic mass is 16.2. The topological polar surface area (TPSA) is 52.7 Å². The molecule has 2 fully saturated rings. The first-order chi connectivity index (χ1) is 17.5. The highest BCUT2D eigenvalue weighted by Crippen LogP contribution is 2.35. The Morgan fingerprint density at radius 3 is 2.44 bits per heavy atom. The number of nitrogens with one attached hydrogen (secondary N) is 1. The molecule has 0 bridgehead atoms. The second-order valence-corrected chi connectivity index (χ2v) is 11.7. The number of unbranched alkanes of at least 4 members (excludes halogenated alkanes) is 2. The molecule has 1 aliphatic carbocycles. The molecule has 0 saturated carbocycles. The van der Waals surface area contributed by atoms with Crippen molar-refractivity contribution >= 4 is 11.8 Å². The lowest BCUT2D eigenvalue weighted by atomic mass is 9.80. The molecule has 1 N–H and O–H groups in total. The number of rotatable bonds is 11. The number of nitrogens with zero attached hydrogens (tertiary/aromatic N) is 2. The number of amides is 2. The molecule has 0 unspecified atom stereocenters. The Morgan fingerprint density at radius 2 is 1.75 bits per heavy atom. The summed E-state index contributed by atoms with van der Waals surface area (Å²) >= 11 is 0. The Hall–Kier alpha value is -2.14. The van der Waals surface area contributed by atoms with Gasteiger partial charge < -0.3 is 15.1 Å². The number of benzene rings is 1. The van der Waals surface area contributed by atoms with Crippen LogP contribution in [0.15, 0.2) is 42.0 Å². The zero-order chi connectivity index (χ0) is 25.4. The van der Waals surface area contributed by atoms with Crippen molar-refractivity contribution < 1.29 is 9.59 Å². The van der Waals surface area contributed by atoms with E-state index in [1.165, 1.54) is 43.2 Å². The van der Waals surface area contributed by atoms with Crippen molar-refractivity contribution in [1.82, 2.24) is 15.1 Å². The fourth-order valence-corrected chi connectivity index (χ4v) is 6.35. The van der Waals surface area contributed by atoms with E-state index >= 15 is 0 Å². The number of aryl methyl sites for hydroxylation is 1. The van der Waals surface area contributed by atoms with Crippen LogP contribution in [0.4, 0.5) is 0 Å². The van der Waals surface area contributed by atoms with Gasteiger partial charge in [0, 0.05) is 19.6 Å². The van der Waals surface area contributed by atoms with Gasteiger partial charge in [0.2, 0.25) is 11.8 Å². The minimum atomic E-state index is -0.663. The zero-order valence-corrected chi connectivity index (χ0v) is 22.6. The molecule has 2 heterocycles. The third-order valence-electron chi connectivity index (χ3n) is 8.52. The summed E-state index contributed by atoms with van der Waals surface area (Å²) in [6, 6.07) is 10.4. The predicted octanol–water partition coefficient (Wildman–Crippen LogP) is 5.50. The van der Waals surface area contributed by atoms with Crippen LogP contribution in [0.5, 0.6) is 0 Å². The van der Waals surface area contributed by atoms with Crippen LogP contribution >= 0.6 is 0 Å². The quantitative estimate of drug-likeness (QED) is 0.327.